The molecule has 8 aromatic rings. The maximum Gasteiger partial charge on any atom is 0.307 e. The number of carboxylic acid groups (broad SMARTS) is 2. The molecule has 6 atom stereocenters. The molecule has 1 fully saturated rings. The fraction of sp³-hybridized carbons (Fsp3) is 0.362. The lowest BCUT2D eigenvalue weighted by Crippen LogP contribution is -2.46. The predicted molar refractivity (Wildman–Crippen MR) is 335 cm³/mol. The predicted octanol–water partition coefficient (Wildman–Crippen LogP) is 8.01. The zero-order valence-electron chi connectivity index (χ0n) is 48.3. The summed E-state index contributed by atoms with van der Waals surface area (Å²) in [5.74, 6) is -7.12. The van der Waals surface area contributed by atoms with Crippen LogP contribution in [0.4, 0.5) is 5.82 Å². The number of aryl methyl sites for hydroxylation is 1. The van der Waals surface area contributed by atoms with Gasteiger partial charge in [-0.05, 0) is 56.2 Å². The molecule has 10 rings (SSSR count). The standard InChI is InChI=1S/C58H59N13O12S6/c1-26(2)42-56-70-45(37(89-56)21-83-5)49(78)60-20-40(73)67-46(47(76)28-11-7-6-8-12-28)55-65-36(24-86-55)53-63-34(22-85-53)44-31(51-64-35(23-84-51)48(77)62-33(19-39(72)59-4)54-69-43(27(3)88-54)50(79)68-42)16-17-32(61-44)52-66-38(25-87-52)71(18-10-9-13-41(74)75)57(80)29-14-15-30(29)58(81)82/h6-8,11-12,16-17,22-26,29-30,33,42,46-47,76H,9-10,13-15,18-21H2,1-5H3,(H,59,72)(H,60,78)(H,62,77)(H,67,73)(H,68,79)(H,74,75)(H,81,82)/t29-,30+,33-,42-,46-,47-/m0/s1. The van der Waals surface area contributed by atoms with Crippen LogP contribution >= 0.6 is 68.0 Å². The number of thiazole rings is 6. The Morgan fingerprint density at radius 3 is 2.12 bits per heavy atom. The number of ether oxygens (including phenoxy) is 1. The van der Waals surface area contributed by atoms with Gasteiger partial charge in [-0.25, -0.2) is 34.9 Å². The van der Waals surface area contributed by atoms with Crippen LogP contribution in [0, 0.1) is 24.7 Å². The Kier molecular flexibility index (Phi) is 20.2. The number of fused-ring (bicyclic) bond motifs is 14. The van der Waals surface area contributed by atoms with E-state index in [-0.39, 0.29) is 66.2 Å². The highest BCUT2D eigenvalue weighted by atomic mass is 32.1. The van der Waals surface area contributed by atoms with Crippen molar-refractivity contribution in [2.24, 2.45) is 17.8 Å². The van der Waals surface area contributed by atoms with E-state index in [0.29, 0.717) is 88.0 Å². The number of aliphatic hydroxyl groups is 1. The SMILES string of the molecule is CNC(=O)C[C@@H]1NC(=O)c2csc(n2)-c2ccc(-c3nc(N(CCCCC(=O)O)C(=O)[C@H]4CC[C@H]4C(=O)O)cs3)nc2-c2csc(n2)-c2csc(n2)[C@H]([C@@H](O)c2ccccc2)NC(=O)CNC(=O)c2nc(sc2COC)[C@H](C(C)C)NC(=O)c2nc1sc2C. The first-order valence-corrected chi connectivity index (χ1v) is 33.1. The van der Waals surface area contributed by atoms with Crippen LogP contribution < -0.4 is 31.5 Å². The first kappa shape index (κ1) is 63.8. The highest BCUT2D eigenvalue weighted by Crippen LogP contribution is 2.42. The molecule has 464 valence electrons. The summed E-state index contributed by atoms with van der Waals surface area (Å²) in [6.45, 7) is 4.99. The Hall–Kier alpha value is -8.17. The summed E-state index contributed by atoms with van der Waals surface area (Å²) in [7, 11) is 2.92. The quantitative estimate of drug-likeness (QED) is 0.0424. The van der Waals surface area contributed by atoms with Gasteiger partial charge in [0.1, 0.15) is 82.2 Å². The van der Waals surface area contributed by atoms with Crippen molar-refractivity contribution in [3.8, 4) is 43.4 Å². The van der Waals surface area contributed by atoms with E-state index in [0.717, 1.165) is 45.3 Å². The van der Waals surface area contributed by atoms with Crippen LogP contribution in [0.2, 0.25) is 0 Å². The number of pyridine rings is 1. The summed E-state index contributed by atoms with van der Waals surface area (Å²) in [6.07, 6.45) is -0.347. The third-order valence-electron chi connectivity index (χ3n) is 14.7. The van der Waals surface area contributed by atoms with E-state index in [1.807, 2.05) is 13.8 Å². The molecule has 25 nitrogen and oxygen atoms in total. The average molecular weight is 1320 g/mol. The number of aliphatic carboxylic acids is 2. The number of aliphatic hydroxyl groups excluding tert-OH is 1. The molecule has 0 saturated heterocycles. The Labute approximate surface area is 532 Å². The van der Waals surface area contributed by atoms with Gasteiger partial charge in [-0.1, -0.05) is 44.2 Å². The monoisotopic (exact) mass is 1320 g/mol. The molecule has 1 aromatic carbocycles. The van der Waals surface area contributed by atoms with E-state index >= 15 is 0 Å². The maximum absolute atomic E-state index is 14.4. The van der Waals surface area contributed by atoms with Crippen molar-refractivity contribution in [1.29, 1.82) is 0 Å². The van der Waals surface area contributed by atoms with Crippen LogP contribution in [0.15, 0.2) is 64.0 Å². The number of benzene rings is 1. The molecule has 89 heavy (non-hydrogen) atoms. The van der Waals surface area contributed by atoms with Crippen LogP contribution in [-0.4, -0.2) is 125 Å². The van der Waals surface area contributed by atoms with E-state index in [1.165, 1.54) is 41.7 Å². The van der Waals surface area contributed by atoms with Crippen molar-refractivity contribution in [2.45, 2.75) is 90.1 Å². The van der Waals surface area contributed by atoms with Gasteiger partial charge >= 0.3 is 11.9 Å². The summed E-state index contributed by atoms with van der Waals surface area (Å²) in [6, 6.07) is 9.26. The van der Waals surface area contributed by atoms with E-state index in [9.17, 15) is 53.7 Å². The van der Waals surface area contributed by atoms with Gasteiger partial charge in [0.05, 0.1) is 54.1 Å². The van der Waals surface area contributed by atoms with Crippen LogP contribution in [0.25, 0.3) is 43.4 Å². The molecule has 1 aliphatic carbocycles. The minimum absolute atomic E-state index is 0.0103. The summed E-state index contributed by atoms with van der Waals surface area (Å²) in [5.41, 5.74) is 2.35. The highest BCUT2D eigenvalue weighted by Gasteiger charge is 2.44. The Morgan fingerprint density at radius 1 is 0.697 bits per heavy atom. The van der Waals surface area contributed by atoms with Gasteiger partial charge in [0, 0.05) is 59.1 Å². The van der Waals surface area contributed by atoms with E-state index in [1.54, 1.807) is 70.9 Å². The number of nitrogens with zero attached hydrogens (tertiary/aromatic N) is 8. The lowest BCUT2D eigenvalue weighted by Gasteiger charge is -2.35. The van der Waals surface area contributed by atoms with Crippen LogP contribution in [0.3, 0.4) is 0 Å². The van der Waals surface area contributed by atoms with Gasteiger partial charge in [0.2, 0.25) is 17.7 Å². The molecule has 31 heteroatoms. The summed E-state index contributed by atoms with van der Waals surface area (Å²) < 4.78 is 5.45. The summed E-state index contributed by atoms with van der Waals surface area (Å²) >= 11 is 7.00. The molecular formula is C58H59N13O12S6. The van der Waals surface area contributed by atoms with Crippen molar-refractivity contribution < 1.29 is 58.4 Å². The lowest BCUT2D eigenvalue weighted by molar-refractivity contribution is -0.152. The van der Waals surface area contributed by atoms with Gasteiger partial charge in [0.25, 0.3) is 17.7 Å². The molecule has 0 spiro atoms. The van der Waals surface area contributed by atoms with Gasteiger partial charge in [0.15, 0.2) is 0 Å². The maximum atomic E-state index is 14.4. The number of aromatic nitrogens is 7. The second-order valence-electron chi connectivity index (χ2n) is 21.1. The number of carbonyl (C=O) groups is 8. The largest absolute Gasteiger partial charge is 0.481 e. The Bertz CT molecular complexity index is 3970. The normalized spacial score (nSPS) is 18.4. The number of hydrogen-bond acceptors (Lipinski definition) is 23. The average Bonchev–Trinajstić information content (AvgIpc) is 1.87. The van der Waals surface area contributed by atoms with E-state index in [2.05, 4.69) is 31.6 Å². The third kappa shape index (κ3) is 14.5. The van der Waals surface area contributed by atoms with Gasteiger partial charge < -0.3 is 46.6 Å². The van der Waals surface area contributed by atoms with Gasteiger partial charge in [-0.3, -0.25) is 43.3 Å². The van der Waals surface area contributed by atoms with Crippen LogP contribution in [0.5, 0.6) is 0 Å². The van der Waals surface area contributed by atoms with Crippen molar-refractivity contribution in [3.05, 3.63) is 111 Å². The number of unbranched alkanes of at least 4 members (excludes halogenated alkanes) is 1. The molecule has 0 radical (unpaired) electrons. The van der Waals surface area contributed by atoms with Gasteiger partial charge in [-0.15, -0.1) is 68.0 Å². The first-order chi connectivity index (χ1) is 42.8. The molecule has 1 saturated carbocycles. The molecule has 0 unspecified atom stereocenters. The molecule has 7 aromatic heterocycles. The highest BCUT2D eigenvalue weighted by molar-refractivity contribution is 7.15. The molecule has 8 N–H and O–H groups in total. The molecule has 2 aliphatic rings. The van der Waals surface area contributed by atoms with Crippen molar-refractivity contribution in [3.63, 3.8) is 0 Å². The number of amides is 6. The Balaban J connectivity index is 1.05. The molecule has 10 bridgehead atoms. The van der Waals surface area contributed by atoms with Crippen molar-refractivity contribution >= 4 is 121 Å². The fourth-order valence-corrected chi connectivity index (χ4v) is 15.4. The molecule has 1 aliphatic heterocycles. The zero-order valence-corrected chi connectivity index (χ0v) is 53.2. The second kappa shape index (κ2) is 28.1. The smallest absolute Gasteiger partial charge is 0.307 e. The number of rotatable bonds is 16. The minimum atomic E-state index is -1.31. The number of hydrogen-bond donors (Lipinski definition) is 8. The summed E-state index contributed by atoms with van der Waals surface area (Å²) in [4.78, 5) is 144. The lowest BCUT2D eigenvalue weighted by atomic mass is 9.73. The minimum Gasteiger partial charge on any atom is -0.481 e. The third-order valence-corrected chi connectivity index (χ3v) is 20.4. The van der Waals surface area contributed by atoms with Gasteiger partial charge in [-0.2, -0.15) is 0 Å². The topological polar surface area (TPSA) is 360 Å². The van der Waals surface area contributed by atoms with Crippen LogP contribution in [-0.2, 0) is 35.3 Å². The number of methoxy groups -OCH3 is 1. The number of carbonyl (C=O) groups excluding carboxylic acids is 6. The van der Waals surface area contributed by atoms with E-state index < -0.39 is 90.0 Å². The molecule has 6 amide bonds. The van der Waals surface area contributed by atoms with Crippen molar-refractivity contribution in [2.75, 3.05) is 32.1 Å². The van der Waals surface area contributed by atoms with Crippen LogP contribution in [0.1, 0.15) is 138 Å². The Morgan fingerprint density at radius 2 is 1.40 bits per heavy atom. The number of nitrogens with one attached hydrogen (secondary N) is 5. The molecular weight excluding hydrogens is 1260 g/mol. The summed E-state index contributed by atoms with van der Waals surface area (Å²) in [5, 5.41) is 54.0. The van der Waals surface area contributed by atoms with Crippen molar-refractivity contribution in [1.82, 2.24) is 61.5 Å². The number of anilines is 1. The number of carboxylic acids is 2. The first-order valence-electron chi connectivity index (χ1n) is 28.0. The van der Waals surface area contributed by atoms with E-state index in [4.69, 9.17) is 34.6 Å². The molecule has 8 heterocycles. The fourth-order valence-electron chi connectivity index (χ4n) is 9.87. The zero-order chi connectivity index (χ0) is 63.2. The second-order valence-corrected chi connectivity index (χ2v) is 26.9.